The van der Waals surface area contributed by atoms with E-state index in [2.05, 4.69) is 29.1 Å². The smallest absolute Gasteiger partial charge is 0.350 e. The lowest BCUT2D eigenvalue weighted by molar-refractivity contribution is 0.0607. The van der Waals surface area contributed by atoms with E-state index in [4.69, 9.17) is 5.73 Å². The number of thiophene rings is 1. The number of nitrogens with two attached hydrogens (primary N) is 1. The second-order valence-electron chi connectivity index (χ2n) is 4.17. The summed E-state index contributed by atoms with van der Waals surface area (Å²) < 4.78 is 4.68. The summed E-state index contributed by atoms with van der Waals surface area (Å²) in [6.45, 7) is 2.77. The normalized spacial score (nSPS) is 10.2. The van der Waals surface area contributed by atoms with E-state index in [9.17, 15) is 4.79 Å². The molecule has 2 rings (SSSR count). The predicted molar refractivity (Wildman–Crippen MR) is 78.6 cm³/mol. The summed E-state index contributed by atoms with van der Waals surface area (Å²) in [5.41, 5.74) is 8.68. The molecule has 0 saturated carbocycles. The van der Waals surface area contributed by atoms with Gasteiger partial charge in [0.1, 0.15) is 4.88 Å². The number of hydrogen-bond donors (Lipinski definition) is 2. The number of carbonyl (C=O) groups is 1. The topological polar surface area (TPSA) is 64.3 Å². The van der Waals surface area contributed by atoms with Gasteiger partial charge in [0.05, 0.1) is 17.8 Å². The Morgan fingerprint density at radius 1 is 1.42 bits per heavy atom. The van der Waals surface area contributed by atoms with Crippen LogP contribution < -0.4 is 11.1 Å². The van der Waals surface area contributed by atoms with Crippen LogP contribution in [-0.2, 0) is 11.3 Å². The molecule has 1 aromatic carbocycles. The van der Waals surface area contributed by atoms with Crippen molar-refractivity contribution in [2.75, 3.05) is 18.2 Å². The highest BCUT2D eigenvalue weighted by atomic mass is 32.1. The predicted octanol–water partition coefficient (Wildman–Crippen LogP) is 3.04. The Kier molecular flexibility index (Phi) is 4.06. The molecular weight excluding hydrogens is 260 g/mol. The second-order valence-corrected chi connectivity index (χ2v) is 5.22. The van der Waals surface area contributed by atoms with Crippen molar-refractivity contribution < 1.29 is 9.53 Å². The van der Waals surface area contributed by atoms with Gasteiger partial charge in [-0.25, -0.2) is 4.79 Å². The molecule has 5 heteroatoms. The lowest BCUT2D eigenvalue weighted by atomic mass is 10.1. The van der Waals surface area contributed by atoms with Crippen LogP contribution in [0, 0.1) is 6.92 Å². The number of hydrogen-bond acceptors (Lipinski definition) is 5. The number of carbonyl (C=O) groups excluding carboxylic acids is 1. The maximum Gasteiger partial charge on any atom is 0.350 e. The molecule has 19 heavy (non-hydrogen) atoms. The summed E-state index contributed by atoms with van der Waals surface area (Å²) in [6, 6.07) is 9.92. The Balaban J connectivity index is 2.09. The molecule has 0 aliphatic heterocycles. The minimum atomic E-state index is -0.397. The maximum absolute atomic E-state index is 11.5. The highest BCUT2D eigenvalue weighted by Crippen LogP contribution is 2.30. The summed E-state index contributed by atoms with van der Waals surface area (Å²) in [7, 11) is 1.35. The third-order valence-corrected chi connectivity index (χ3v) is 3.93. The van der Waals surface area contributed by atoms with Crippen molar-refractivity contribution in [2.45, 2.75) is 13.5 Å². The molecule has 0 radical (unpaired) electrons. The summed E-state index contributed by atoms with van der Waals surface area (Å²) in [5.74, 6) is -0.397. The summed E-state index contributed by atoms with van der Waals surface area (Å²) in [6.07, 6.45) is 0. The van der Waals surface area contributed by atoms with Crippen LogP contribution in [0.2, 0.25) is 0 Å². The van der Waals surface area contributed by atoms with Crippen molar-refractivity contribution in [1.29, 1.82) is 0 Å². The fourth-order valence-electron chi connectivity index (χ4n) is 1.74. The van der Waals surface area contributed by atoms with Gasteiger partial charge in [-0.1, -0.05) is 24.3 Å². The zero-order chi connectivity index (χ0) is 13.8. The highest BCUT2D eigenvalue weighted by Gasteiger charge is 2.14. The fraction of sp³-hybridized carbons (Fsp3) is 0.214. The number of nitrogens with one attached hydrogen (secondary N) is 1. The standard InChI is InChI=1S/C14H16N2O2S/c1-9-5-3-4-6-10(9)8-16-12-7-11(15)13(19-12)14(17)18-2/h3-7,16H,8,15H2,1-2H3. The zero-order valence-corrected chi connectivity index (χ0v) is 11.7. The van der Waals surface area contributed by atoms with E-state index in [0.29, 0.717) is 17.1 Å². The summed E-state index contributed by atoms with van der Waals surface area (Å²) in [5, 5.41) is 4.13. The number of ether oxygens (including phenoxy) is 1. The number of methoxy groups -OCH3 is 1. The zero-order valence-electron chi connectivity index (χ0n) is 10.9. The largest absolute Gasteiger partial charge is 0.465 e. The Morgan fingerprint density at radius 2 is 2.16 bits per heavy atom. The Morgan fingerprint density at radius 3 is 2.84 bits per heavy atom. The Hall–Kier alpha value is -2.01. The van der Waals surface area contributed by atoms with Gasteiger partial charge in [0.25, 0.3) is 0 Å². The molecule has 1 aromatic heterocycles. The average molecular weight is 276 g/mol. The van der Waals surface area contributed by atoms with E-state index in [-0.39, 0.29) is 0 Å². The molecule has 4 nitrogen and oxygen atoms in total. The van der Waals surface area contributed by atoms with E-state index in [1.807, 2.05) is 12.1 Å². The van der Waals surface area contributed by atoms with Crippen LogP contribution in [0.15, 0.2) is 30.3 Å². The fourth-order valence-corrected chi connectivity index (χ4v) is 2.63. The van der Waals surface area contributed by atoms with Gasteiger partial charge < -0.3 is 15.8 Å². The van der Waals surface area contributed by atoms with E-state index in [0.717, 1.165) is 5.00 Å². The quantitative estimate of drug-likeness (QED) is 0.842. The van der Waals surface area contributed by atoms with Crippen molar-refractivity contribution in [1.82, 2.24) is 0 Å². The maximum atomic E-state index is 11.5. The van der Waals surface area contributed by atoms with Gasteiger partial charge in [0.2, 0.25) is 0 Å². The molecule has 0 saturated heterocycles. The third-order valence-electron chi connectivity index (χ3n) is 2.85. The van der Waals surface area contributed by atoms with Gasteiger partial charge in [-0.2, -0.15) is 0 Å². The first-order chi connectivity index (χ1) is 9.11. The van der Waals surface area contributed by atoms with E-state index in [1.165, 1.54) is 29.6 Å². The summed E-state index contributed by atoms with van der Waals surface area (Å²) >= 11 is 1.31. The number of nitrogen functional groups attached to an aromatic ring is 1. The highest BCUT2D eigenvalue weighted by molar-refractivity contribution is 7.18. The Labute approximate surface area is 116 Å². The molecule has 2 aromatic rings. The molecular formula is C14H16N2O2S. The Bertz CT molecular complexity index is 593. The van der Waals surface area contributed by atoms with Crippen molar-refractivity contribution in [3.63, 3.8) is 0 Å². The summed E-state index contributed by atoms with van der Waals surface area (Å²) in [4.78, 5) is 11.9. The minimum absolute atomic E-state index is 0.397. The third kappa shape index (κ3) is 3.06. The molecule has 100 valence electrons. The van der Waals surface area contributed by atoms with Crippen LogP contribution >= 0.6 is 11.3 Å². The van der Waals surface area contributed by atoms with Crippen LogP contribution in [0.1, 0.15) is 20.8 Å². The molecule has 0 spiro atoms. The second kappa shape index (κ2) is 5.75. The molecule has 0 atom stereocenters. The van der Waals surface area contributed by atoms with Gasteiger partial charge in [-0.05, 0) is 24.1 Å². The van der Waals surface area contributed by atoms with Gasteiger partial charge in [-0.3, -0.25) is 0 Å². The van der Waals surface area contributed by atoms with Crippen LogP contribution in [-0.4, -0.2) is 13.1 Å². The molecule has 0 amide bonds. The average Bonchev–Trinajstić information content (AvgIpc) is 2.78. The molecule has 0 fully saturated rings. The van der Waals surface area contributed by atoms with Crippen molar-refractivity contribution in [3.8, 4) is 0 Å². The van der Waals surface area contributed by atoms with Gasteiger partial charge in [0, 0.05) is 6.54 Å². The van der Waals surface area contributed by atoms with Gasteiger partial charge in [-0.15, -0.1) is 11.3 Å². The van der Waals surface area contributed by atoms with Crippen LogP contribution in [0.3, 0.4) is 0 Å². The monoisotopic (exact) mass is 276 g/mol. The SMILES string of the molecule is COC(=O)c1sc(NCc2ccccc2C)cc1N. The molecule has 0 bridgehead atoms. The molecule has 0 aliphatic carbocycles. The van der Waals surface area contributed by atoms with E-state index >= 15 is 0 Å². The molecule has 0 unspecified atom stereocenters. The van der Waals surface area contributed by atoms with Crippen LogP contribution in [0.5, 0.6) is 0 Å². The number of aryl methyl sites for hydroxylation is 1. The first-order valence-corrected chi connectivity index (χ1v) is 6.69. The first kappa shape index (κ1) is 13.4. The number of benzene rings is 1. The van der Waals surface area contributed by atoms with Crippen LogP contribution in [0.25, 0.3) is 0 Å². The lowest BCUT2D eigenvalue weighted by Crippen LogP contribution is -2.01. The van der Waals surface area contributed by atoms with Crippen LogP contribution in [0.4, 0.5) is 10.7 Å². The van der Waals surface area contributed by atoms with E-state index in [1.54, 1.807) is 6.07 Å². The van der Waals surface area contributed by atoms with E-state index < -0.39 is 5.97 Å². The lowest BCUT2D eigenvalue weighted by Gasteiger charge is -2.06. The minimum Gasteiger partial charge on any atom is -0.465 e. The molecule has 0 aliphatic rings. The van der Waals surface area contributed by atoms with Crippen molar-refractivity contribution in [3.05, 3.63) is 46.3 Å². The van der Waals surface area contributed by atoms with Gasteiger partial charge in [0.15, 0.2) is 0 Å². The first-order valence-electron chi connectivity index (χ1n) is 5.88. The molecule has 3 N–H and O–H groups in total. The van der Waals surface area contributed by atoms with Gasteiger partial charge >= 0.3 is 5.97 Å². The number of rotatable bonds is 4. The van der Waals surface area contributed by atoms with Crippen molar-refractivity contribution >= 4 is 28.0 Å². The number of esters is 1. The molecule has 1 heterocycles. The van der Waals surface area contributed by atoms with Crippen molar-refractivity contribution in [2.24, 2.45) is 0 Å². The number of anilines is 2.